The molecular weight excluding hydrogens is 242 g/mol. The van der Waals surface area contributed by atoms with Crippen LogP contribution in [0.15, 0.2) is 36.8 Å². The van der Waals surface area contributed by atoms with Gasteiger partial charge in [-0.1, -0.05) is 24.3 Å². The van der Waals surface area contributed by atoms with Crippen molar-refractivity contribution in [2.75, 3.05) is 7.11 Å². The van der Waals surface area contributed by atoms with Crippen LogP contribution in [0.1, 0.15) is 16.8 Å². The number of benzene rings is 1. The first-order valence-corrected chi connectivity index (χ1v) is 6.07. The summed E-state index contributed by atoms with van der Waals surface area (Å²) in [5, 5.41) is 0. The molecule has 0 aliphatic carbocycles. The minimum atomic E-state index is -0.235. The molecule has 0 spiro atoms. The number of esters is 1. The van der Waals surface area contributed by atoms with Crippen LogP contribution in [0, 0.1) is 0 Å². The first-order chi connectivity index (χ1) is 9.22. The second-order valence-electron chi connectivity index (χ2n) is 4.26. The molecule has 19 heavy (non-hydrogen) atoms. The highest BCUT2D eigenvalue weighted by atomic mass is 16.5. The third-order valence-electron chi connectivity index (χ3n) is 2.93. The van der Waals surface area contributed by atoms with Crippen LogP contribution in [0.5, 0.6) is 0 Å². The van der Waals surface area contributed by atoms with Gasteiger partial charge in [-0.05, 0) is 11.1 Å². The van der Waals surface area contributed by atoms with Gasteiger partial charge in [0.25, 0.3) is 0 Å². The van der Waals surface area contributed by atoms with Gasteiger partial charge in [-0.2, -0.15) is 0 Å². The van der Waals surface area contributed by atoms with E-state index in [1.165, 1.54) is 7.11 Å². The number of carbonyl (C=O) groups is 1. The first-order valence-electron chi connectivity index (χ1n) is 6.07. The predicted octanol–water partition coefficient (Wildman–Crippen LogP) is 1.11. The van der Waals surface area contributed by atoms with Crippen LogP contribution >= 0.6 is 0 Å². The van der Waals surface area contributed by atoms with Gasteiger partial charge in [0.05, 0.1) is 25.6 Å². The van der Waals surface area contributed by atoms with Crippen molar-refractivity contribution < 1.29 is 9.53 Å². The van der Waals surface area contributed by atoms with Crippen LogP contribution < -0.4 is 5.73 Å². The van der Waals surface area contributed by atoms with Crippen LogP contribution in [0.25, 0.3) is 0 Å². The summed E-state index contributed by atoms with van der Waals surface area (Å²) < 4.78 is 6.66. The van der Waals surface area contributed by atoms with Crippen molar-refractivity contribution in [3.63, 3.8) is 0 Å². The Morgan fingerprint density at radius 1 is 1.37 bits per heavy atom. The van der Waals surface area contributed by atoms with Gasteiger partial charge >= 0.3 is 5.97 Å². The van der Waals surface area contributed by atoms with E-state index in [0.29, 0.717) is 13.1 Å². The third-order valence-corrected chi connectivity index (χ3v) is 2.93. The molecule has 0 amide bonds. The third kappa shape index (κ3) is 3.42. The zero-order valence-electron chi connectivity index (χ0n) is 10.9. The van der Waals surface area contributed by atoms with Crippen LogP contribution in [0.3, 0.4) is 0 Å². The van der Waals surface area contributed by atoms with Gasteiger partial charge in [-0.3, -0.25) is 4.79 Å². The average molecular weight is 259 g/mol. The second-order valence-corrected chi connectivity index (χ2v) is 4.26. The normalized spacial score (nSPS) is 10.4. The van der Waals surface area contributed by atoms with E-state index in [1.54, 1.807) is 6.33 Å². The van der Waals surface area contributed by atoms with Gasteiger partial charge in [0.2, 0.25) is 0 Å². The van der Waals surface area contributed by atoms with E-state index < -0.39 is 0 Å². The number of methoxy groups -OCH3 is 1. The molecular formula is C14H17N3O2. The maximum atomic E-state index is 11.4. The van der Waals surface area contributed by atoms with Crippen molar-refractivity contribution in [2.24, 2.45) is 5.73 Å². The molecule has 0 bridgehead atoms. The molecule has 0 radical (unpaired) electrons. The Balaban J connectivity index is 2.17. The van der Waals surface area contributed by atoms with E-state index in [1.807, 2.05) is 35.0 Å². The summed E-state index contributed by atoms with van der Waals surface area (Å²) >= 11 is 0. The fraction of sp³-hybridized carbons (Fsp3) is 0.286. The van der Waals surface area contributed by atoms with Crippen molar-refractivity contribution >= 4 is 5.97 Å². The highest BCUT2D eigenvalue weighted by molar-refractivity contribution is 5.72. The maximum Gasteiger partial charge on any atom is 0.309 e. The largest absolute Gasteiger partial charge is 0.469 e. The average Bonchev–Trinajstić information content (AvgIpc) is 2.88. The molecule has 5 nitrogen and oxygen atoms in total. The Bertz CT molecular complexity index is 563. The van der Waals surface area contributed by atoms with E-state index in [9.17, 15) is 4.79 Å². The predicted molar refractivity (Wildman–Crippen MR) is 71.4 cm³/mol. The highest BCUT2D eigenvalue weighted by Gasteiger charge is 2.08. The lowest BCUT2D eigenvalue weighted by atomic mass is 10.0. The molecule has 0 fully saturated rings. The number of hydrogen-bond donors (Lipinski definition) is 1. The number of ether oxygens (including phenoxy) is 1. The molecule has 1 aromatic carbocycles. The monoisotopic (exact) mass is 259 g/mol. The molecule has 5 heteroatoms. The molecule has 1 heterocycles. The Labute approximate surface area is 112 Å². The van der Waals surface area contributed by atoms with Crippen LogP contribution in [-0.2, 0) is 29.0 Å². The van der Waals surface area contributed by atoms with Crippen LogP contribution in [-0.4, -0.2) is 22.6 Å². The van der Waals surface area contributed by atoms with Crippen molar-refractivity contribution in [1.82, 2.24) is 9.55 Å². The van der Waals surface area contributed by atoms with Gasteiger partial charge in [0.15, 0.2) is 0 Å². The summed E-state index contributed by atoms with van der Waals surface area (Å²) in [6.45, 7) is 1.09. The summed E-state index contributed by atoms with van der Waals surface area (Å²) in [6.07, 6.45) is 3.94. The van der Waals surface area contributed by atoms with E-state index in [-0.39, 0.29) is 12.4 Å². The van der Waals surface area contributed by atoms with Gasteiger partial charge in [0.1, 0.15) is 0 Å². The van der Waals surface area contributed by atoms with Crippen molar-refractivity contribution in [3.8, 4) is 0 Å². The summed E-state index contributed by atoms with van der Waals surface area (Å²) in [7, 11) is 1.40. The highest BCUT2D eigenvalue weighted by Crippen LogP contribution is 2.12. The number of nitrogens with zero attached hydrogens (tertiary/aromatic N) is 2. The lowest BCUT2D eigenvalue weighted by molar-refractivity contribution is -0.139. The number of rotatable bonds is 5. The molecule has 0 saturated heterocycles. The zero-order chi connectivity index (χ0) is 13.7. The molecule has 0 aliphatic rings. The van der Waals surface area contributed by atoms with Crippen molar-refractivity contribution in [2.45, 2.75) is 19.5 Å². The standard InChI is InChI=1S/C14H17N3O2/c1-19-14(18)6-11-4-2-3-5-12(11)8-17-9-13(7-15)16-10-17/h2-5,9-10H,6-8,15H2,1H3. The zero-order valence-corrected chi connectivity index (χ0v) is 10.9. The molecule has 2 aromatic rings. The smallest absolute Gasteiger partial charge is 0.309 e. The Morgan fingerprint density at radius 3 is 2.74 bits per heavy atom. The fourth-order valence-corrected chi connectivity index (χ4v) is 1.91. The Hall–Kier alpha value is -2.14. The molecule has 2 N–H and O–H groups in total. The molecule has 0 atom stereocenters. The second kappa shape index (κ2) is 6.15. The molecule has 2 rings (SSSR count). The molecule has 0 aliphatic heterocycles. The number of aromatic nitrogens is 2. The van der Waals surface area contributed by atoms with E-state index in [4.69, 9.17) is 10.5 Å². The minimum absolute atomic E-state index is 0.235. The Kier molecular flexibility index (Phi) is 4.30. The molecule has 0 saturated carbocycles. The fourth-order valence-electron chi connectivity index (χ4n) is 1.91. The lowest BCUT2D eigenvalue weighted by Gasteiger charge is -2.09. The number of carbonyl (C=O) groups excluding carboxylic acids is 1. The molecule has 0 unspecified atom stereocenters. The van der Waals surface area contributed by atoms with E-state index >= 15 is 0 Å². The quantitative estimate of drug-likeness (QED) is 0.816. The lowest BCUT2D eigenvalue weighted by Crippen LogP contribution is -2.08. The van der Waals surface area contributed by atoms with Gasteiger partial charge in [-0.25, -0.2) is 4.98 Å². The van der Waals surface area contributed by atoms with Crippen molar-refractivity contribution in [1.29, 1.82) is 0 Å². The summed E-state index contributed by atoms with van der Waals surface area (Å²) in [5.41, 5.74) is 8.43. The van der Waals surface area contributed by atoms with Crippen LogP contribution in [0.2, 0.25) is 0 Å². The SMILES string of the molecule is COC(=O)Cc1ccccc1Cn1cnc(CN)c1. The van der Waals surface area contributed by atoms with Gasteiger partial charge in [-0.15, -0.1) is 0 Å². The minimum Gasteiger partial charge on any atom is -0.469 e. The molecule has 1 aromatic heterocycles. The van der Waals surface area contributed by atoms with Gasteiger partial charge in [0, 0.05) is 19.3 Å². The summed E-state index contributed by atoms with van der Waals surface area (Å²) in [5.74, 6) is -0.235. The summed E-state index contributed by atoms with van der Waals surface area (Å²) in [6, 6.07) is 7.81. The maximum absolute atomic E-state index is 11.4. The molecule has 100 valence electrons. The number of imidazole rings is 1. The first kappa shape index (κ1) is 13.3. The van der Waals surface area contributed by atoms with Crippen LogP contribution in [0.4, 0.5) is 0 Å². The Morgan fingerprint density at radius 2 is 2.11 bits per heavy atom. The van der Waals surface area contributed by atoms with Crippen molar-refractivity contribution in [3.05, 3.63) is 53.6 Å². The topological polar surface area (TPSA) is 70.1 Å². The summed E-state index contributed by atoms with van der Waals surface area (Å²) in [4.78, 5) is 15.6. The van der Waals surface area contributed by atoms with E-state index in [2.05, 4.69) is 4.98 Å². The number of nitrogens with two attached hydrogens (primary N) is 1. The number of hydrogen-bond acceptors (Lipinski definition) is 4. The van der Waals surface area contributed by atoms with Gasteiger partial charge < -0.3 is 15.0 Å². The van der Waals surface area contributed by atoms with E-state index in [0.717, 1.165) is 16.8 Å².